The fourth-order valence-electron chi connectivity index (χ4n) is 5.86. The number of imide groups is 1. The monoisotopic (exact) mass is 501 g/mol. The Balaban J connectivity index is 1.28. The Kier molecular flexibility index (Phi) is 7.11. The van der Waals surface area contributed by atoms with E-state index in [1.807, 2.05) is 12.1 Å². The molecule has 2 N–H and O–H groups in total. The number of hydrogen-bond acceptors (Lipinski definition) is 6. The van der Waals surface area contributed by atoms with Gasteiger partial charge >= 0.3 is 0 Å². The van der Waals surface area contributed by atoms with Crippen molar-refractivity contribution in [2.24, 2.45) is 11.8 Å². The van der Waals surface area contributed by atoms with Gasteiger partial charge in [-0.25, -0.2) is 4.98 Å². The van der Waals surface area contributed by atoms with Gasteiger partial charge in [0.1, 0.15) is 11.9 Å². The molecule has 0 radical (unpaired) electrons. The van der Waals surface area contributed by atoms with Gasteiger partial charge in [-0.2, -0.15) is 0 Å². The molecule has 194 valence electrons. The number of aromatic nitrogens is 2. The van der Waals surface area contributed by atoms with E-state index in [2.05, 4.69) is 58.6 Å². The van der Waals surface area contributed by atoms with Crippen LogP contribution in [-0.2, 0) is 22.7 Å². The maximum atomic E-state index is 13.4. The van der Waals surface area contributed by atoms with Gasteiger partial charge in [0.2, 0.25) is 11.8 Å². The predicted octanol–water partition coefficient (Wildman–Crippen LogP) is 3.77. The first-order valence-corrected chi connectivity index (χ1v) is 13.2. The molecular weight excluding hydrogens is 466 g/mol. The molecule has 2 saturated heterocycles. The lowest BCUT2D eigenvalue weighted by molar-refractivity contribution is -0.135. The number of nitrogens with zero attached hydrogens (tertiary/aromatic N) is 3. The van der Waals surface area contributed by atoms with Crippen molar-refractivity contribution in [2.45, 2.75) is 59.2 Å². The largest absolute Gasteiger partial charge is 0.381 e. The quantitative estimate of drug-likeness (QED) is 0.499. The van der Waals surface area contributed by atoms with Crippen LogP contribution in [0.2, 0.25) is 0 Å². The molecule has 37 heavy (non-hydrogen) atoms. The zero-order chi connectivity index (χ0) is 26.1. The number of anilines is 1. The van der Waals surface area contributed by atoms with Gasteiger partial charge in [0, 0.05) is 38.3 Å². The minimum absolute atomic E-state index is 0.205. The second-order valence-corrected chi connectivity index (χ2v) is 10.8. The van der Waals surface area contributed by atoms with Crippen molar-refractivity contribution in [3.05, 3.63) is 69.8 Å². The van der Waals surface area contributed by atoms with Gasteiger partial charge < -0.3 is 5.32 Å². The van der Waals surface area contributed by atoms with E-state index in [-0.39, 0.29) is 17.9 Å². The summed E-state index contributed by atoms with van der Waals surface area (Å²) in [5, 5.41) is 6.19. The molecular formula is C29H35N5O3. The van der Waals surface area contributed by atoms with Crippen LogP contribution < -0.4 is 16.2 Å². The lowest BCUT2D eigenvalue weighted by Gasteiger charge is -2.35. The summed E-state index contributed by atoms with van der Waals surface area (Å²) in [5.41, 5.74) is 3.61. The number of benzene rings is 2. The van der Waals surface area contributed by atoms with Gasteiger partial charge in [0.15, 0.2) is 0 Å². The Morgan fingerprint density at radius 1 is 1.00 bits per heavy atom. The number of aryl methyl sites for hydroxylation is 1. The van der Waals surface area contributed by atoms with Gasteiger partial charge in [0.25, 0.3) is 5.56 Å². The highest BCUT2D eigenvalue weighted by Crippen LogP contribution is 2.24. The van der Waals surface area contributed by atoms with Crippen molar-refractivity contribution in [1.29, 1.82) is 0 Å². The zero-order valence-corrected chi connectivity index (χ0v) is 21.8. The van der Waals surface area contributed by atoms with E-state index in [1.54, 1.807) is 13.0 Å². The van der Waals surface area contributed by atoms with Gasteiger partial charge in [0.05, 0.1) is 10.9 Å². The van der Waals surface area contributed by atoms with Crippen molar-refractivity contribution in [1.82, 2.24) is 19.8 Å². The number of carbonyl (C=O) groups excluding carboxylic acids is 2. The number of rotatable bonds is 6. The van der Waals surface area contributed by atoms with E-state index in [1.165, 1.54) is 16.6 Å². The summed E-state index contributed by atoms with van der Waals surface area (Å²) in [6, 6.07) is 13.5. The van der Waals surface area contributed by atoms with E-state index < -0.39 is 11.9 Å². The molecule has 2 aliphatic heterocycles. The van der Waals surface area contributed by atoms with Gasteiger partial charge in [-0.1, -0.05) is 38.1 Å². The smallest absolute Gasteiger partial charge is 0.262 e. The highest BCUT2D eigenvalue weighted by atomic mass is 16.2. The Hall–Kier alpha value is -3.52. The van der Waals surface area contributed by atoms with E-state index in [4.69, 9.17) is 0 Å². The first kappa shape index (κ1) is 25.1. The van der Waals surface area contributed by atoms with Crippen LogP contribution in [0.25, 0.3) is 10.9 Å². The van der Waals surface area contributed by atoms with Crippen LogP contribution in [0.1, 0.15) is 56.1 Å². The number of nitrogens with one attached hydrogen (secondary N) is 2. The maximum absolute atomic E-state index is 13.4. The zero-order valence-electron chi connectivity index (χ0n) is 21.8. The maximum Gasteiger partial charge on any atom is 0.262 e. The third kappa shape index (κ3) is 5.59. The number of likely N-dealkylation sites (tertiary alicyclic amines) is 1. The summed E-state index contributed by atoms with van der Waals surface area (Å²) in [5.74, 6) is 1.20. The van der Waals surface area contributed by atoms with Crippen molar-refractivity contribution < 1.29 is 9.59 Å². The van der Waals surface area contributed by atoms with Crippen molar-refractivity contribution in [3.63, 3.8) is 0 Å². The van der Waals surface area contributed by atoms with Crippen molar-refractivity contribution in [3.8, 4) is 0 Å². The van der Waals surface area contributed by atoms with Crippen LogP contribution in [0.4, 0.5) is 5.69 Å². The van der Waals surface area contributed by atoms with E-state index >= 15 is 0 Å². The number of amides is 2. The molecule has 2 amide bonds. The van der Waals surface area contributed by atoms with Crippen LogP contribution >= 0.6 is 0 Å². The molecule has 8 heteroatoms. The molecule has 3 atom stereocenters. The van der Waals surface area contributed by atoms with E-state index in [0.29, 0.717) is 29.7 Å². The van der Waals surface area contributed by atoms with Crippen LogP contribution in [0.15, 0.2) is 47.3 Å². The minimum atomic E-state index is -0.728. The summed E-state index contributed by atoms with van der Waals surface area (Å²) in [6.45, 7) is 10.3. The average molecular weight is 502 g/mol. The van der Waals surface area contributed by atoms with E-state index in [9.17, 15) is 14.4 Å². The van der Waals surface area contributed by atoms with Gasteiger partial charge in [-0.3, -0.25) is 29.2 Å². The Morgan fingerprint density at radius 3 is 2.41 bits per heavy atom. The molecule has 1 aromatic heterocycles. The van der Waals surface area contributed by atoms with Gasteiger partial charge in [-0.05, 0) is 60.9 Å². The molecule has 0 saturated carbocycles. The molecule has 2 aromatic carbocycles. The molecule has 0 spiro atoms. The summed E-state index contributed by atoms with van der Waals surface area (Å²) in [6.07, 6.45) is 1.82. The normalized spacial score (nSPS) is 22.7. The molecule has 2 fully saturated rings. The second kappa shape index (κ2) is 10.5. The van der Waals surface area contributed by atoms with E-state index in [0.717, 1.165) is 42.7 Å². The standard InChI is InChI=1S/C29H35N5O3/c1-18-12-19(2)16-33(15-18)17-22-6-4-21(5-7-22)14-30-23-8-9-25-24(13-23)29(37)34(20(3)31-25)26-10-11-27(35)32-28(26)36/h4-9,13,18-19,26,30H,10-12,14-17H2,1-3H3,(H,32,35,36). The van der Waals surface area contributed by atoms with Crippen molar-refractivity contribution in [2.75, 3.05) is 18.4 Å². The molecule has 3 heterocycles. The molecule has 8 nitrogen and oxygen atoms in total. The third-order valence-electron chi connectivity index (χ3n) is 7.47. The summed E-state index contributed by atoms with van der Waals surface area (Å²) >= 11 is 0. The third-order valence-corrected chi connectivity index (χ3v) is 7.47. The number of carbonyl (C=O) groups is 2. The number of fused-ring (bicyclic) bond motifs is 1. The fraction of sp³-hybridized carbons (Fsp3) is 0.448. The summed E-state index contributed by atoms with van der Waals surface area (Å²) in [7, 11) is 0. The van der Waals surface area contributed by atoms with Gasteiger partial charge in [-0.15, -0.1) is 0 Å². The molecule has 3 aromatic rings. The predicted molar refractivity (Wildman–Crippen MR) is 144 cm³/mol. The summed E-state index contributed by atoms with van der Waals surface area (Å²) in [4.78, 5) is 44.4. The number of piperidine rings is 2. The van der Waals surface area contributed by atoms with Crippen LogP contribution in [0, 0.1) is 18.8 Å². The first-order valence-electron chi connectivity index (χ1n) is 13.2. The average Bonchev–Trinajstić information content (AvgIpc) is 2.84. The topological polar surface area (TPSA) is 96.3 Å². The minimum Gasteiger partial charge on any atom is -0.381 e. The SMILES string of the molecule is Cc1nc2ccc(NCc3ccc(CN4CC(C)CC(C)C4)cc3)cc2c(=O)n1C1CCC(=O)NC1=O. The molecule has 3 unspecified atom stereocenters. The lowest BCUT2D eigenvalue weighted by Crippen LogP contribution is -2.45. The van der Waals surface area contributed by atoms with Crippen LogP contribution in [0.5, 0.6) is 0 Å². The highest BCUT2D eigenvalue weighted by Gasteiger charge is 2.30. The van der Waals surface area contributed by atoms with Crippen LogP contribution in [-0.4, -0.2) is 39.4 Å². The molecule has 0 aliphatic carbocycles. The second-order valence-electron chi connectivity index (χ2n) is 10.8. The highest BCUT2D eigenvalue weighted by molar-refractivity contribution is 5.99. The first-order chi connectivity index (χ1) is 17.8. The molecule has 5 rings (SSSR count). The molecule has 2 aliphatic rings. The Labute approximate surface area is 217 Å². The Morgan fingerprint density at radius 2 is 1.70 bits per heavy atom. The lowest BCUT2D eigenvalue weighted by atomic mass is 9.91. The van der Waals surface area contributed by atoms with Crippen LogP contribution in [0.3, 0.4) is 0 Å². The number of hydrogen-bond donors (Lipinski definition) is 2. The molecule has 0 bridgehead atoms. The van der Waals surface area contributed by atoms with Crippen molar-refractivity contribution >= 4 is 28.4 Å². The summed E-state index contributed by atoms with van der Waals surface area (Å²) < 4.78 is 1.41. The Bertz CT molecular complexity index is 1370. The fourth-order valence-corrected chi connectivity index (χ4v) is 5.86.